The molecule has 0 bridgehead atoms. The number of nitrogens with zero attached hydrogens (tertiary/aromatic N) is 1. The second-order valence-electron chi connectivity index (χ2n) is 8.18. The van der Waals surface area contributed by atoms with Crippen LogP contribution in [0.1, 0.15) is 18.9 Å². The van der Waals surface area contributed by atoms with E-state index in [1.54, 1.807) is 36.4 Å². The minimum Gasteiger partial charge on any atom is -0.463 e. The predicted molar refractivity (Wildman–Crippen MR) is 129 cm³/mol. The van der Waals surface area contributed by atoms with Gasteiger partial charge in [0.25, 0.3) is 0 Å². The Morgan fingerprint density at radius 3 is 2.64 bits per heavy atom. The van der Waals surface area contributed by atoms with Gasteiger partial charge >= 0.3 is 0 Å². The highest BCUT2D eigenvalue weighted by molar-refractivity contribution is 7.92. The van der Waals surface area contributed by atoms with Crippen LogP contribution in [0.5, 0.6) is 0 Å². The van der Waals surface area contributed by atoms with Crippen LogP contribution in [0, 0.1) is 17.8 Å². The van der Waals surface area contributed by atoms with Gasteiger partial charge in [-0.15, -0.1) is 0 Å². The first-order valence-corrected chi connectivity index (χ1v) is 12.7. The topological polar surface area (TPSA) is 88.9 Å². The number of nitrogens with one attached hydrogen (secondary N) is 1. The molecule has 8 heteroatoms. The van der Waals surface area contributed by atoms with Gasteiger partial charge in [-0.05, 0) is 42.3 Å². The molecule has 33 heavy (non-hydrogen) atoms. The molecule has 0 spiro atoms. The van der Waals surface area contributed by atoms with Crippen molar-refractivity contribution in [3.63, 3.8) is 0 Å². The number of fused-ring (bicyclic) bond motifs is 1. The van der Waals surface area contributed by atoms with Crippen LogP contribution in [0.4, 0.5) is 5.69 Å². The molecule has 3 aromatic rings. The Labute approximate surface area is 193 Å². The van der Waals surface area contributed by atoms with Gasteiger partial charge in [0.05, 0.1) is 23.9 Å². The van der Waals surface area contributed by atoms with E-state index in [-0.39, 0.29) is 5.43 Å². The third-order valence-corrected chi connectivity index (χ3v) is 5.88. The largest absolute Gasteiger partial charge is 0.463 e. The Morgan fingerprint density at radius 2 is 1.94 bits per heavy atom. The lowest BCUT2D eigenvalue weighted by Gasteiger charge is -2.35. The molecular weight excluding hydrogens is 440 g/mol. The number of benzene rings is 2. The number of ether oxygens (including phenoxy) is 1. The lowest BCUT2D eigenvalue weighted by atomic mass is 10.0. The highest BCUT2D eigenvalue weighted by Crippen LogP contribution is 2.23. The SMILES string of the molecule is CCCOCN1CC(C#Cc2ccc3c(=O)c(-c4ccc(NS(C)(=O)=O)cc4)coc3c2)C1. The number of anilines is 1. The molecule has 4 rings (SSSR count). The Hall–Kier alpha value is -3.12. The molecule has 1 N–H and O–H groups in total. The molecule has 2 aromatic carbocycles. The third kappa shape index (κ3) is 5.82. The third-order valence-electron chi connectivity index (χ3n) is 5.27. The molecule has 0 atom stereocenters. The zero-order chi connectivity index (χ0) is 23.4. The monoisotopic (exact) mass is 466 g/mol. The van der Waals surface area contributed by atoms with E-state index in [1.807, 2.05) is 6.07 Å². The predicted octanol–water partition coefficient (Wildman–Crippen LogP) is 3.50. The van der Waals surface area contributed by atoms with Gasteiger partial charge in [0, 0.05) is 36.9 Å². The standard InChI is InChI=1S/C25H26N2O5S/c1-3-12-31-17-27-14-19(15-27)5-4-18-6-11-22-24(13-18)32-16-23(25(22)28)20-7-9-21(10-8-20)26-33(2,29)30/h6-11,13,16,19,26H,3,12,14-15,17H2,1-2H3. The van der Waals surface area contributed by atoms with Crippen molar-refractivity contribution in [3.05, 3.63) is 64.5 Å². The fourth-order valence-electron chi connectivity index (χ4n) is 3.63. The van der Waals surface area contributed by atoms with Crippen molar-refractivity contribution in [2.45, 2.75) is 13.3 Å². The molecule has 7 nitrogen and oxygen atoms in total. The van der Waals surface area contributed by atoms with Crippen molar-refractivity contribution in [2.75, 3.05) is 37.4 Å². The van der Waals surface area contributed by atoms with Crippen molar-refractivity contribution >= 4 is 26.7 Å². The van der Waals surface area contributed by atoms with Crippen LogP contribution in [0.15, 0.2) is 57.9 Å². The number of hydrogen-bond donors (Lipinski definition) is 1. The Kier molecular flexibility index (Phi) is 6.84. The first-order valence-electron chi connectivity index (χ1n) is 10.8. The van der Waals surface area contributed by atoms with Gasteiger partial charge in [0.1, 0.15) is 11.8 Å². The maximum Gasteiger partial charge on any atom is 0.229 e. The first-order chi connectivity index (χ1) is 15.8. The van der Waals surface area contributed by atoms with E-state index in [4.69, 9.17) is 9.15 Å². The van der Waals surface area contributed by atoms with E-state index in [9.17, 15) is 13.2 Å². The van der Waals surface area contributed by atoms with Gasteiger partial charge in [-0.2, -0.15) is 0 Å². The average molecular weight is 467 g/mol. The second kappa shape index (κ2) is 9.79. The molecule has 0 unspecified atom stereocenters. The second-order valence-corrected chi connectivity index (χ2v) is 9.93. The summed E-state index contributed by atoms with van der Waals surface area (Å²) in [5.74, 6) is 6.78. The number of sulfonamides is 1. The summed E-state index contributed by atoms with van der Waals surface area (Å²) >= 11 is 0. The average Bonchev–Trinajstić information content (AvgIpc) is 2.74. The highest BCUT2D eigenvalue weighted by atomic mass is 32.2. The molecule has 172 valence electrons. The van der Waals surface area contributed by atoms with Crippen LogP contribution in [0.2, 0.25) is 0 Å². The summed E-state index contributed by atoms with van der Waals surface area (Å²) in [5.41, 5.74) is 2.61. The molecular formula is C25H26N2O5S. The fourth-order valence-corrected chi connectivity index (χ4v) is 4.19. The number of hydrogen-bond acceptors (Lipinski definition) is 6. The van der Waals surface area contributed by atoms with Crippen LogP contribution in [-0.2, 0) is 14.8 Å². The van der Waals surface area contributed by atoms with Crippen LogP contribution >= 0.6 is 0 Å². The molecule has 0 radical (unpaired) electrons. The van der Waals surface area contributed by atoms with E-state index >= 15 is 0 Å². The zero-order valence-electron chi connectivity index (χ0n) is 18.6. The van der Waals surface area contributed by atoms with Gasteiger partial charge in [-0.3, -0.25) is 14.4 Å². The van der Waals surface area contributed by atoms with Gasteiger partial charge < -0.3 is 9.15 Å². The fraction of sp³-hybridized carbons (Fsp3) is 0.320. The maximum absolute atomic E-state index is 13.0. The molecule has 2 heterocycles. The highest BCUT2D eigenvalue weighted by Gasteiger charge is 2.24. The minimum absolute atomic E-state index is 0.152. The molecule has 1 aliphatic rings. The Morgan fingerprint density at radius 1 is 1.18 bits per heavy atom. The van der Waals surface area contributed by atoms with E-state index in [2.05, 4.69) is 28.4 Å². The molecule has 1 saturated heterocycles. The summed E-state index contributed by atoms with van der Waals surface area (Å²) in [5, 5.41) is 0.472. The number of rotatable bonds is 7. The molecule has 0 aliphatic carbocycles. The van der Waals surface area contributed by atoms with Crippen LogP contribution in [0.3, 0.4) is 0 Å². The Bertz CT molecular complexity index is 1360. The smallest absolute Gasteiger partial charge is 0.229 e. The lowest BCUT2D eigenvalue weighted by molar-refractivity contribution is -0.0181. The quantitative estimate of drug-likeness (QED) is 0.424. The van der Waals surface area contributed by atoms with E-state index in [0.717, 1.165) is 37.9 Å². The molecule has 1 fully saturated rings. The van der Waals surface area contributed by atoms with Crippen LogP contribution < -0.4 is 10.2 Å². The Balaban J connectivity index is 1.47. The van der Waals surface area contributed by atoms with Crippen molar-refractivity contribution in [2.24, 2.45) is 5.92 Å². The van der Waals surface area contributed by atoms with Gasteiger partial charge in [0.15, 0.2) is 5.43 Å². The summed E-state index contributed by atoms with van der Waals surface area (Å²) in [6, 6.07) is 11.9. The van der Waals surface area contributed by atoms with Crippen LogP contribution in [-0.4, -0.2) is 46.0 Å². The molecule has 0 amide bonds. The minimum atomic E-state index is -3.36. The summed E-state index contributed by atoms with van der Waals surface area (Å²) in [4.78, 5) is 15.2. The summed E-state index contributed by atoms with van der Waals surface area (Å²) in [6.45, 7) is 5.34. The van der Waals surface area contributed by atoms with Gasteiger partial charge in [0.2, 0.25) is 10.0 Å². The zero-order valence-corrected chi connectivity index (χ0v) is 19.4. The lowest BCUT2D eigenvalue weighted by Crippen LogP contribution is -2.46. The van der Waals surface area contributed by atoms with Gasteiger partial charge in [-0.1, -0.05) is 30.9 Å². The van der Waals surface area contributed by atoms with E-state index in [0.29, 0.717) is 40.4 Å². The maximum atomic E-state index is 13.0. The van der Waals surface area contributed by atoms with E-state index in [1.165, 1.54) is 6.26 Å². The van der Waals surface area contributed by atoms with Crippen LogP contribution in [0.25, 0.3) is 22.1 Å². The van der Waals surface area contributed by atoms with Crippen molar-refractivity contribution in [1.29, 1.82) is 0 Å². The summed E-state index contributed by atoms with van der Waals surface area (Å²) in [7, 11) is -3.36. The van der Waals surface area contributed by atoms with Crippen molar-refractivity contribution in [3.8, 4) is 23.0 Å². The van der Waals surface area contributed by atoms with Gasteiger partial charge in [-0.25, -0.2) is 8.42 Å². The summed E-state index contributed by atoms with van der Waals surface area (Å²) < 4.78 is 36.4. The van der Waals surface area contributed by atoms with E-state index < -0.39 is 10.0 Å². The molecule has 1 aliphatic heterocycles. The molecule has 1 aromatic heterocycles. The number of likely N-dealkylation sites (tertiary alicyclic amines) is 1. The normalized spacial score (nSPS) is 14.5. The summed E-state index contributed by atoms with van der Waals surface area (Å²) in [6.07, 6.45) is 3.54. The first kappa shape index (κ1) is 23.1. The van der Waals surface area contributed by atoms with Crippen molar-refractivity contribution < 1.29 is 17.6 Å². The van der Waals surface area contributed by atoms with Crippen molar-refractivity contribution in [1.82, 2.24) is 4.90 Å². The molecule has 0 saturated carbocycles.